The standard InChI is InChI=1S/C13H16ClNOS/c14-12(11-5-2-1-3-6-11)13(16)15-7-4-9-17-10-8-15/h1-3,5-6,12H,4,7-10H2. The van der Waals surface area contributed by atoms with Gasteiger partial charge in [0.05, 0.1) is 0 Å². The summed E-state index contributed by atoms with van der Waals surface area (Å²) in [5.74, 6) is 2.20. The van der Waals surface area contributed by atoms with Crippen LogP contribution in [0.2, 0.25) is 0 Å². The number of benzene rings is 1. The molecular weight excluding hydrogens is 254 g/mol. The summed E-state index contributed by atoms with van der Waals surface area (Å²) in [6.45, 7) is 1.65. The predicted molar refractivity (Wildman–Crippen MR) is 73.6 cm³/mol. The Hall–Kier alpha value is -0.670. The van der Waals surface area contributed by atoms with Gasteiger partial charge in [-0.05, 0) is 17.7 Å². The summed E-state index contributed by atoms with van der Waals surface area (Å²) in [7, 11) is 0. The number of halogens is 1. The first-order valence-corrected chi connectivity index (χ1v) is 7.43. The fourth-order valence-corrected chi connectivity index (χ4v) is 3.06. The Labute approximate surface area is 111 Å². The van der Waals surface area contributed by atoms with E-state index in [-0.39, 0.29) is 5.91 Å². The van der Waals surface area contributed by atoms with E-state index in [0.717, 1.165) is 36.6 Å². The van der Waals surface area contributed by atoms with Gasteiger partial charge in [-0.15, -0.1) is 11.6 Å². The summed E-state index contributed by atoms with van der Waals surface area (Å²) in [4.78, 5) is 14.1. The number of carbonyl (C=O) groups is 1. The van der Waals surface area contributed by atoms with Crippen molar-refractivity contribution in [3.63, 3.8) is 0 Å². The molecule has 4 heteroatoms. The van der Waals surface area contributed by atoms with Crippen LogP contribution in [0.5, 0.6) is 0 Å². The van der Waals surface area contributed by atoms with Crippen LogP contribution < -0.4 is 0 Å². The van der Waals surface area contributed by atoms with Crippen molar-refractivity contribution in [1.82, 2.24) is 4.90 Å². The van der Waals surface area contributed by atoms with Gasteiger partial charge < -0.3 is 4.90 Å². The van der Waals surface area contributed by atoms with Gasteiger partial charge in [0.1, 0.15) is 5.38 Å². The summed E-state index contributed by atoms with van der Waals surface area (Å²) in [5, 5.41) is -0.542. The van der Waals surface area contributed by atoms with Crippen LogP contribution in [0.15, 0.2) is 30.3 Å². The summed E-state index contributed by atoms with van der Waals surface area (Å²) in [6.07, 6.45) is 1.06. The maximum atomic E-state index is 12.2. The molecule has 0 aliphatic carbocycles. The molecule has 1 fully saturated rings. The van der Waals surface area contributed by atoms with E-state index in [4.69, 9.17) is 11.6 Å². The molecule has 0 N–H and O–H groups in total. The molecule has 1 aromatic carbocycles. The SMILES string of the molecule is O=C(C(Cl)c1ccccc1)N1CCCSCC1. The monoisotopic (exact) mass is 269 g/mol. The Balaban J connectivity index is 2.03. The van der Waals surface area contributed by atoms with Crippen molar-refractivity contribution in [2.45, 2.75) is 11.8 Å². The molecule has 0 aromatic heterocycles. The third-order valence-electron chi connectivity index (χ3n) is 2.84. The van der Waals surface area contributed by atoms with Gasteiger partial charge >= 0.3 is 0 Å². The zero-order chi connectivity index (χ0) is 12.1. The second kappa shape index (κ2) is 6.31. The van der Waals surface area contributed by atoms with Gasteiger partial charge in [-0.25, -0.2) is 0 Å². The highest BCUT2D eigenvalue weighted by atomic mass is 35.5. The summed E-state index contributed by atoms with van der Waals surface area (Å²) >= 11 is 8.15. The maximum absolute atomic E-state index is 12.2. The van der Waals surface area contributed by atoms with Crippen LogP contribution in [-0.4, -0.2) is 35.4 Å². The Morgan fingerprint density at radius 2 is 2.00 bits per heavy atom. The van der Waals surface area contributed by atoms with Crippen LogP contribution in [-0.2, 0) is 4.79 Å². The van der Waals surface area contributed by atoms with Crippen molar-refractivity contribution in [3.8, 4) is 0 Å². The zero-order valence-corrected chi connectivity index (χ0v) is 11.2. The van der Waals surface area contributed by atoms with Gasteiger partial charge in [0.2, 0.25) is 5.91 Å². The van der Waals surface area contributed by atoms with Crippen LogP contribution in [0.25, 0.3) is 0 Å². The number of carbonyl (C=O) groups excluding carboxylic acids is 1. The van der Waals surface area contributed by atoms with Crippen molar-refractivity contribution >= 4 is 29.3 Å². The molecule has 1 saturated heterocycles. The van der Waals surface area contributed by atoms with Gasteiger partial charge in [0.25, 0.3) is 0 Å². The normalized spacial score (nSPS) is 18.5. The number of hydrogen-bond donors (Lipinski definition) is 0. The lowest BCUT2D eigenvalue weighted by Gasteiger charge is -2.22. The third kappa shape index (κ3) is 3.39. The second-order valence-corrected chi connectivity index (χ2v) is 5.73. The number of rotatable bonds is 2. The van der Waals surface area contributed by atoms with E-state index < -0.39 is 5.38 Å². The van der Waals surface area contributed by atoms with Crippen molar-refractivity contribution in [1.29, 1.82) is 0 Å². The number of amides is 1. The molecule has 92 valence electrons. The van der Waals surface area contributed by atoms with Gasteiger partial charge in [-0.2, -0.15) is 11.8 Å². The lowest BCUT2D eigenvalue weighted by Crippen LogP contribution is -2.35. The Morgan fingerprint density at radius 3 is 2.76 bits per heavy atom. The van der Waals surface area contributed by atoms with E-state index in [9.17, 15) is 4.79 Å². The number of hydrogen-bond acceptors (Lipinski definition) is 2. The molecule has 1 atom stereocenters. The van der Waals surface area contributed by atoms with Crippen LogP contribution >= 0.6 is 23.4 Å². The van der Waals surface area contributed by atoms with Crippen molar-refractivity contribution in [3.05, 3.63) is 35.9 Å². The minimum Gasteiger partial charge on any atom is -0.340 e. The van der Waals surface area contributed by atoms with Crippen molar-refractivity contribution < 1.29 is 4.79 Å². The van der Waals surface area contributed by atoms with Crippen LogP contribution in [0.1, 0.15) is 17.4 Å². The Bertz CT molecular complexity index is 363. The molecule has 1 aliphatic heterocycles. The third-order valence-corrected chi connectivity index (χ3v) is 4.33. The first kappa shape index (κ1) is 12.8. The molecule has 1 unspecified atom stereocenters. The molecule has 1 heterocycles. The highest BCUT2D eigenvalue weighted by Crippen LogP contribution is 2.24. The molecule has 17 heavy (non-hydrogen) atoms. The first-order chi connectivity index (χ1) is 8.29. The van der Waals surface area contributed by atoms with E-state index in [1.54, 1.807) is 0 Å². The quantitative estimate of drug-likeness (QED) is 0.770. The molecule has 2 nitrogen and oxygen atoms in total. The molecule has 0 radical (unpaired) electrons. The lowest BCUT2D eigenvalue weighted by molar-refractivity contribution is -0.130. The average Bonchev–Trinajstić information content (AvgIpc) is 2.67. The van der Waals surface area contributed by atoms with E-state index in [1.165, 1.54) is 0 Å². The van der Waals surface area contributed by atoms with Crippen LogP contribution in [0.4, 0.5) is 0 Å². The fourth-order valence-electron chi connectivity index (χ4n) is 1.89. The Kier molecular flexibility index (Phi) is 4.75. The smallest absolute Gasteiger partial charge is 0.245 e. The average molecular weight is 270 g/mol. The van der Waals surface area contributed by atoms with Crippen molar-refractivity contribution in [2.75, 3.05) is 24.6 Å². The number of thioether (sulfide) groups is 1. The van der Waals surface area contributed by atoms with E-state index in [2.05, 4.69) is 0 Å². The van der Waals surface area contributed by atoms with Gasteiger partial charge in [0.15, 0.2) is 0 Å². The minimum absolute atomic E-state index is 0.0420. The number of alkyl halides is 1. The molecule has 0 spiro atoms. The molecule has 1 aliphatic rings. The Morgan fingerprint density at radius 1 is 1.24 bits per heavy atom. The fraction of sp³-hybridized carbons (Fsp3) is 0.462. The van der Waals surface area contributed by atoms with E-state index >= 15 is 0 Å². The van der Waals surface area contributed by atoms with E-state index in [0.29, 0.717) is 0 Å². The minimum atomic E-state index is -0.542. The summed E-state index contributed by atoms with van der Waals surface area (Å²) in [6, 6.07) is 9.57. The summed E-state index contributed by atoms with van der Waals surface area (Å²) < 4.78 is 0. The molecule has 1 amide bonds. The molecule has 1 aromatic rings. The topological polar surface area (TPSA) is 20.3 Å². The van der Waals surface area contributed by atoms with Gasteiger partial charge in [0, 0.05) is 18.8 Å². The highest BCUT2D eigenvalue weighted by Gasteiger charge is 2.24. The van der Waals surface area contributed by atoms with E-state index in [1.807, 2.05) is 47.0 Å². The first-order valence-electron chi connectivity index (χ1n) is 5.84. The van der Waals surface area contributed by atoms with Crippen molar-refractivity contribution in [2.24, 2.45) is 0 Å². The maximum Gasteiger partial charge on any atom is 0.245 e. The highest BCUT2D eigenvalue weighted by molar-refractivity contribution is 7.99. The molecular formula is C13H16ClNOS. The molecule has 0 saturated carbocycles. The summed E-state index contributed by atoms with van der Waals surface area (Å²) in [5.41, 5.74) is 0.885. The second-order valence-electron chi connectivity index (χ2n) is 4.06. The molecule has 2 rings (SSSR count). The largest absolute Gasteiger partial charge is 0.340 e. The molecule has 0 bridgehead atoms. The van der Waals surface area contributed by atoms with Gasteiger partial charge in [-0.3, -0.25) is 4.79 Å². The van der Waals surface area contributed by atoms with Crippen LogP contribution in [0, 0.1) is 0 Å². The lowest BCUT2D eigenvalue weighted by atomic mass is 10.1. The number of nitrogens with zero attached hydrogens (tertiary/aromatic N) is 1. The predicted octanol–water partition coefficient (Wildman–Crippen LogP) is 2.93. The zero-order valence-electron chi connectivity index (χ0n) is 9.64. The van der Waals surface area contributed by atoms with Gasteiger partial charge in [-0.1, -0.05) is 30.3 Å². The van der Waals surface area contributed by atoms with Crippen LogP contribution in [0.3, 0.4) is 0 Å².